The van der Waals surface area contributed by atoms with Crippen LogP contribution in [0.3, 0.4) is 0 Å². The Morgan fingerprint density at radius 3 is 2.29 bits per heavy atom. The Kier molecular flexibility index (Phi) is 8.00. The third kappa shape index (κ3) is 6.17. The van der Waals surface area contributed by atoms with E-state index in [4.69, 9.17) is 21.1 Å². The second-order valence-corrected chi connectivity index (χ2v) is 9.50. The average Bonchev–Trinajstić information content (AvgIpc) is 2.79. The van der Waals surface area contributed by atoms with Gasteiger partial charge >= 0.3 is 12.1 Å². The first-order valence-corrected chi connectivity index (χ1v) is 11.6. The van der Waals surface area contributed by atoms with Crippen LogP contribution in [0, 0.1) is 6.92 Å². The zero-order valence-corrected chi connectivity index (χ0v) is 21.0. The normalized spacial score (nSPS) is 11.1. The van der Waals surface area contributed by atoms with Crippen molar-refractivity contribution in [3.8, 4) is 5.75 Å². The number of esters is 1. The fourth-order valence-corrected chi connectivity index (χ4v) is 3.69. The summed E-state index contributed by atoms with van der Waals surface area (Å²) in [4.78, 5) is 27.6. The Morgan fingerprint density at radius 1 is 0.971 bits per heavy atom. The molecule has 6 heteroatoms. The summed E-state index contributed by atoms with van der Waals surface area (Å²) in [5, 5.41) is 0.437. The molecule has 3 aromatic rings. The molecule has 0 heterocycles. The number of anilines is 1. The van der Waals surface area contributed by atoms with Crippen molar-refractivity contribution in [3.05, 3.63) is 94.0 Å². The highest BCUT2D eigenvalue weighted by molar-refractivity contribution is 6.30. The molecule has 34 heavy (non-hydrogen) atoms. The van der Waals surface area contributed by atoms with Crippen LogP contribution in [0.15, 0.2) is 66.7 Å². The van der Waals surface area contributed by atoms with Crippen molar-refractivity contribution in [1.82, 2.24) is 0 Å². The monoisotopic (exact) mass is 479 g/mol. The SMILES string of the molecule is CCOC(=O)N(Cc1ccccc1)c1cc(C(C)(C)C)cc(C)c1OC(=O)c1cccc(Cl)c1. The van der Waals surface area contributed by atoms with Crippen LogP contribution >= 0.6 is 11.6 Å². The predicted molar refractivity (Wildman–Crippen MR) is 136 cm³/mol. The topological polar surface area (TPSA) is 55.8 Å². The zero-order valence-electron chi connectivity index (χ0n) is 20.2. The number of hydrogen-bond acceptors (Lipinski definition) is 4. The zero-order chi connectivity index (χ0) is 24.9. The third-order valence-electron chi connectivity index (χ3n) is 5.34. The molecule has 0 N–H and O–H groups in total. The van der Waals surface area contributed by atoms with Crippen LogP contribution < -0.4 is 9.64 Å². The van der Waals surface area contributed by atoms with Crippen LogP contribution in [0.1, 0.15) is 54.7 Å². The van der Waals surface area contributed by atoms with E-state index < -0.39 is 12.1 Å². The fourth-order valence-electron chi connectivity index (χ4n) is 3.50. The van der Waals surface area contributed by atoms with Gasteiger partial charge in [-0.15, -0.1) is 0 Å². The first-order chi connectivity index (χ1) is 16.1. The van der Waals surface area contributed by atoms with Gasteiger partial charge in [0.15, 0.2) is 5.75 Å². The number of halogens is 1. The maximum Gasteiger partial charge on any atom is 0.414 e. The first-order valence-electron chi connectivity index (χ1n) is 11.2. The largest absolute Gasteiger partial charge is 0.449 e. The van der Waals surface area contributed by atoms with Gasteiger partial charge in [0.25, 0.3) is 0 Å². The minimum atomic E-state index is -0.557. The van der Waals surface area contributed by atoms with Crippen LogP contribution in [-0.2, 0) is 16.7 Å². The summed E-state index contributed by atoms with van der Waals surface area (Å²) in [6, 6.07) is 20.1. The molecule has 0 unspecified atom stereocenters. The summed E-state index contributed by atoms with van der Waals surface area (Å²) in [6.45, 7) is 10.4. The Balaban J connectivity index is 2.14. The van der Waals surface area contributed by atoms with Gasteiger partial charge in [-0.05, 0) is 60.2 Å². The van der Waals surface area contributed by atoms with Gasteiger partial charge in [0.1, 0.15) is 0 Å². The molecule has 0 saturated heterocycles. The number of rotatable bonds is 6. The number of carbonyl (C=O) groups excluding carboxylic acids is 2. The number of amides is 1. The molecule has 3 aromatic carbocycles. The summed E-state index contributed by atoms with van der Waals surface area (Å²) in [6.07, 6.45) is -0.517. The maximum atomic E-state index is 13.1. The molecule has 0 fully saturated rings. The van der Waals surface area contributed by atoms with Crippen molar-refractivity contribution >= 4 is 29.4 Å². The Bertz CT molecular complexity index is 1170. The van der Waals surface area contributed by atoms with Crippen molar-refractivity contribution in [2.24, 2.45) is 0 Å². The molecule has 0 radical (unpaired) electrons. The van der Waals surface area contributed by atoms with Crippen molar-refractivity contribution in [3.63, 3.8) is 0 Å². The molecule has 0 aliphatic rings. The lowest BCUT2D eigenvalue weighted by Crippen LogP contribution is -2.32. The Hall–Kier alpha value is -3.31. The van der Waals surface area contributed by atoms with E-state index in [2.05, 4.69) is 20.8 Å². The highest BCUT2D eigenvalue weighted by atomic mass is 35.5. The molecule has 0 aromatic heterocycles. The van der Waals surface area contributed by atoms with E-state index in [-0.39, 0.29) is 18.6 Å². The predicted octanol–water partition coefficient (Wildman–Crippen LogP) is 7.33. The molecule has 1 amide bonds. The van der Waals surface area contributed by atoms with Gasteiger partial charge in [0.2, 0.25) is 0 Å². The quantitative estimate of drug-likeness (QED) is 0.274. The molecule has 0 spiro atoms. The second kappa shape index (κ2) is 10.7. The standard InChI is InChI=1S/C28H30ClNO4/c1-6-33-27(32)30(18-20-11-8-7-9-12-20)24-17-22(28(3,4)5)15-19(2)25(24)34-26(31)21-13-10-14-23(29)16-21/h7-17H,6,18H2,1-5H3. The summed E-state index contributed by atoms with van der Waals surface area (Å²) < 4.78 is 11.3. The lowest BCUT2D eigenvalue weighted by Gasteiger charge is -2.28. The van der Waals surface area contributed by atoms with Gasteiger partial charge < -0.3 is 9.47 Å². The third-order valence-corrected chi connectivity index (χ3v) is 5.57. The minimum absolute atomic E-state index is 0.192. The van der Waals surface area contributed by atoms with Gasteiger partial charge in [-0.2, -0.15) is 0 Å². The molecule has 178 valence electrons. The Morgan fingerprint density at radius 2 is 1.68 bits per heavy atom. The van der Waals surface area contributed by atoms with E-state index in [1.54, 1.807) is 31.2 Å². The molecular weight excluding hydrogens is 450 g/mol. The van der Waals surface area contributed by atoms with E-state index >= 15 is 0 Å². The van der Waals surface area contributed by atoms with E-state index in [1.807, 2.05) is 49.4 Å². The van der Waals surface area contributed by atoms with Gasteiger partial charge in [-0.3, -0.25) is 4.90 Å². The highest BCUT2D eigenvalue weighted by Gasteiger charge is 2.27. The molecule has 0 saturated carbocycles. The van der Waals surface area contributed by atoms with Crippen LogP contribution in [0.4, 0.5) is 10.5 Å². The van der Waals surface area contributed by atoms with E-state index in [0.29, 0.717) is 22.0 Å². The molecule has 5 nitrogen and oxygen atoms in total. The van der Waals surface area contributed by atoms with Gasteiger partial charge in [-0.1, -0.05) is 74.8 Å². The smallest absolute Gasteiger partial charge is 0.414 e. The summed E-state index contributed by atoms with van der Waals surface area (Å²) >= 11 is 6.07. The average molecular weight is 480 g/mol. The number of nitrogens with zero attached hydrogens (tertiary/aromatic N) is 1. The van der Waals surface area contributed by atoms with E-state index in [9.17, 15) is 9.59 Å². The Labute approximate surface area is 206 Å². The lowest BCUT2D eigenvalue weighted by atomic mass is 9.85. The van der Waals surface area contributed by atoms with Gasteiger partial charge in [0.05, 0.1) is 24.4 Å². The van der Waals surface area contributed by atoms with Gasteiger partial charge in [0, 0.05) is 5.02 Å². The molecule has 3 rings (SSSR count). The number of aryl methyl sites for hydroxylation is 1. The van der Waals surface area contributed by atoms with Crippen molar-refractivity contribution in [1.29, 1.82) is 0 Å². The first kappa shape index (κ1) is 25.3. The number of carbonyl (C=O) groups is 2. The lowest BCUT2D eigenvalue weighted by molar-refractivity contribution is 0.0733. The summed E-state index contributed by atoms with van der Waals surface area (Å²) in [7, 11) is 0. The molecule has 0 atom stereocenters. The maximum absolute atomic E-state index is 13.1. The van der Waals surface area contributed by atoms with Crippen LogP contribution in [-0.4, -0.2) is 18.7 Å². The van der Waals surface area contributed by atoms with Crippen LogP contribution in [0.25, 0.3) is 0 Å². The number of ether oxygens (including phenoxy) is 2. The van der Waals surface area contributed by atoms with E-state index in [0.717, 1.165) is 16.7 Å². The fraction of sp³-hybridized carbons (Fsp3) is 0.286. The summed E-state index contributed by atoms with van der Waals surface area (Å²) in [5.41, 5.74) is 3.26. The minimum Gasteiger partial charge on any atom is -0.449 e. The highest BCUT2D eigenvalue weighted by Crippen LogP contribution is 2.39. The van der Waals surface area contributed by atoms with Crippen molar-refractivity contribution in [2.75, 3.05) is 11.5 Å². The van der Waals surface area contributed by atoms with Crippen molar-refractivity contribution < 1.29 is 19.1 Å². The molecule has 0 aliphatic carbocycles. The van der Waals surface area contributed by atoms with E-state index in [1.165, 1.54) is 4.90 Å². The number of benzene rings is 3. The van der Waals surface area contributed by atoms with Gasteiger partial charge in [-0.25, -0.2) is 9.59 Å². The molecule has 0 aliphatic heterocycles. The van der Waals surface area contributed by atoms with Crippen LogP contribution in [0.5, 0.6) is 5.75 Å². The molecule has 0 bridgehead atoms. The number of hydrogen-bond donors (Lipinski definition) is 0. The molecular formula is C28H30ClNO4. The van der Waals surface area contributed by atoms with Crippen LogP contribution in [0.2, 0.25) is 5.02 Å². The summed E-state index contributed by atoms with van der Waals surface area (Å²) in [5.74, 6) is -0.249. The van der Waals surface area contributed by atoms with Crippen molar-refractivity contribution in [2.45, 2.75) is 46.6 Å². The second-order valence-electron chi connectivity index (χ2n) is 9.06.